The minimum absolute atomic E-state index is 0.0596. The molecule has 0 radical (unpaired) electrons. The molecule has 0 aliphatic heterocycles. The van der Waals surface area contributed by atoms with Gasteiger partial charge in [0.25, 0.3) is 0 Å². The van der Waals surface area contributed by atoms with Gasteiger partial charge in [0.2, 0.25) is 0 Å². The summed E-state index contributed by atoms with van der Waals surface area (Å²) in [6.07, 6.45) is -3.95. The van der Waals surface area contributed by atoms with Gasteiger partial charge in [-0.05, 0) is 13.0 Å². The molecule has 13 heavy (non-hydrogen) atoms. The Morgan fingerprint density at radius 1 is 1.15 bits per heavy atom. The second kappa shape index (κ2) is 6.49. The van der Waals surface area contributed by atoms with Crippen LogP contribution in [0.15, 0.2) is 0 Å². The molecule has 80 valence electrons. The lowest BCUT2D eigenvalue weighted by Gasteiger charge is -2.20. The molecule has 0 aromatic rings. The normalized spacial score (nSPS) is 12.5. The maximum absolute atomic E-state index is 11.8. The maximum atomic E-state index is 11.8. The summed E-state index contributed by atoms with van der Waals surface area (Å²) in [5, 5.41) is 0. The summed E-state index contributed by atoms with van der Waals surface area (Å²) < 4.78 is 35.5. The van der Waals surface area contributed by atoms with Gasteiger partial charge in [-0.3, -0.25) is 0 Å². The van der Waals surface area contributed by atoms with Crippen LogP contribution in [0.25, 0.3) is 0 Å². The highest BCUT2D eigenvalue weighted by Gasteiger charge is 2.27. The summed E-state index contributed by atoms with van der Waals surface area (Å²) >= 11 is 5.46. The van der Waals surface area contributed by atoms with Crippen LogP contribution in [-0.4, -0.2) is 36.6 Å². The van der Waals surface area contributed by atoms with Gasteiger partial charge in [0.1, 0.15) is 0 Å². The van der Waals surface area contributed by atoms with Crippen LogP contribution >= 0.6 is 11.6 Å². The molecule has 0 fully saturated rings. The highest BCUT2D eigenvalue weighted by molar-refractivity contribution is 6.18. The number of hydrogen-bond acceptors (Lipinski definition) is 1. The van der Waals surface area contributed by atoms with Gasteiger partial charge >= 0.3 is 6.18 Å². The van der Waals surface area contributed by atoms with Gasteiger partial charge < -0.3 is 4.90 Å². The molecule has 0 unspecified atom stereocenters. The van der Waals surface area contributed by atoms with Crippen LogP contribution in [0.3, 0.4) is 0 Å². The Morgan fingerprint density at radius 2 is 1.77 bits per heavy atom. The summed E-state index contributed by atoms with van der Waals surface area (Å²) in [6, 6.07) is 0. The quantitative estimate of drug-likeness (QED) is 0.619. The molecule has 0 saturated heterocycles. The number of nitrogens with zero attached hydrogens (tertiary/aromatic N) is 1. The topological polar surface area (TPSA) is 3.24 Å². The van der Waals surface area contributed by atoms with Gasteiger partial charge in [-0.2, -0.15) is 13.2 Å². The summed E-state index contributed by atoms with van der Waals surface area (Å²) in [7, 11) is 0. The molecule has 0 bridgehead atoms. The van der Waals surface area contributed by atoms with Gasteiger partial charge in [-0.25, -0.2) is 0 Å². The molecule has 0 aromatic heterocycles. The molecule has 0 heterocycles. The van der Waals surface area contributed by atoms with Crippen LogP contribution in [0.5, 0.6) is 0 Å². The monoisotopic (exact) mass is 217 g/mol. The van der Waals surface area contributed by atoms with Crippen molar-refractivity contribution in [3.05, 3.63) is 0 Å². The molecule has 0 aliphatic rings. The zero-order valence-corrected chi connectivity index (χ0v) is 8.46. The van der Waals surface area contributed by atoms with Crippen LogP contribution in [0, 0.1) is 0 Å². The van der Waals surface area contributed by atoms with Crippen molar-refractivity contribution in [2.45, 2.75) is 25.9 Å². The largest absolute Gasteiger partial charge is 0.390 e. The predicted molar refractivity (Wildman–Crippen MR) is 48.1 cm³/mol. The fourth-order valence-corrected chi connectivity index (χ4v) is 1.30. The maximum Gasteiger partial charge on any atom is 0.390 e. The second-order valence-corrected chi connectivity index (χ2v) is 3.27. The van der Waals surface area contributed by atoms with Crippen molar-refractivity contribution in [1.82, 2.24) is 4.90 Å². The van der Waals surface area contributed by atoms with E-state index in [-0.39, 0.29) is 6.54 Å². The summed E-state index contributed by atoms with van der Waals surface area (Å²) in [6.45, 7) is 3.22. The molecule has 0 amide bonds. The second-order valence-electron chi connectivity index (χ2n) is 2.90. The van der Waals surface area contributed by atoms with Gasteiger partial charge in [-0.1, -0.05) is 6.92 Å². The Bertz CT molecular complexity index is 121. The molecule has 0 saturated carbocycles. The zero-order chi connectivity index (χ0) is 10.3. The average Bonchev–Trinajstić information content (AvgIpc) is 2.00. The summed E-state index contributed by atoms with van der Waals surface area (Å²) in [4.78, 5) is 1.74. The fraction of sp³-hybridized carbons (Fsp3) is 1.00. The van der Waals surface area contributed by atoms with Crippen molar-refractivity contribution < 1.29 is 13.2 Å². The summed E-state index contributed by atoms with van der Waals surface area (Å²) in [5.74, 6) is 0.387. The van der Waals surface area contributed by atoms with E-state index in [4.69, 9.17) is 11.6 Å². The smallest absolute Gasteiger partial charge is 0.302 e. The van der Waals surface area contributed by atoms with E-state index in [0.29, 0.717) is 19.0 Å². The highest BCUT2D eigenvalue weighted by atomic mass is 35.5. The Balaban J connectivity index is 3.68. The molecule has 5 heteroatoms. The highest BCUT2D eigenvalue weighted by Crippen LogP contribution is 2.19. The Labute approximate surface area is 81.9 Å². The number of hydrogen-bond donors (Lipinski definition) is 0. The minimum atomic E-state index is -4.06. The van der Waals surface area contributed by atoms with Crippen LogP contribution in [0.4, 0.5) is 13.2 Å². The predicted octanol–water partition coefficient (Wildman–Crippen LogP) is 2.89. The molecule has 1 nitrogen and oxygen atoms in total. The van der Waals surface area contributed by atoms with Crippen molar-refractivity contribution in [1.29, 1.82) is 0 Å². The Kier molecular flexibility index (Phi) is 6.51. The van der Waals surface area contributed by atoms with Crippen molar-refractivity contribution in [2.24, 2.45) is 0 Å². The number of halogens is 4. The van der Waals surface area contributed by atoms with Crippen LogP contribution in [0.1, 0.15) is 19.8 Å². The average molecular weight is 218 g/mol. The van der Waals surface area contributed by atoms with Crippen molar-refractivity contribution in [3.63, 3.8) is 0 Å². The minimum Gasteiger partial charge on any atom is -0.302 e. The molecular weight excluding hydrogens is 203 g/mol. The SMILES string of the molecule is CCCN(CCCl)CCC(F)(F)F. The van der Waals surface area contributed by atoms with Crippen molar-refractivity contribution in [3.8, 4) is 0 Å². The lowest BCUT2D eigenvalue weighted by atomic mass is 10.3. The van der Waals surface area contributed by atoms with Crippen molar-refractivity contribution in [2.75, 3.05) is 25.5 Å². The van der Waals surface area contributed by atoms with Gasteiger partial charge in [0.15, 0.2) is 0 Å². The zero-order valence-electron chi connectivity index (χ0n) is 7.70. The van der Waals surface area contributed by atoms with E-state index in [9.17, 15) is 13.2 Å². The van der Waals surface area contributed by atoms with Crippen LogP contribution < -0.4 is 0 Å². The van der Waals surface area contributed by atoms with Crippen LogP contribution in [-0.2, 0) is 0 Å². The van der Waals surface area contributed by atoms with E-state index >= 15 is 0 Å². The van der Waals surface area contributed by atoms with E-state index in [1.54, 1.807) is 4.90 Å². The first-order valence-electron chi connectivity index (χ1n) is 4.34. The third-order valence-electron chi connectivity index (χ3n) is 1.65. The van der Waals surface area contributed by atoms with E-state index in [1.807, 2.05) is 6.92 Å². The van der Waals surface area contributed by atoms with Gasteiger partial charge in [0.05, 0.1) is 6.42 Å². The third kappa shape index (κ3) is 8.37. The van der Waals surface area contributed by atoms with E-state index in [1.165, 1.54) is 0 Å². The lowest BCUT2D eigenvalue weighted by molar-refractivity contribution is -0.137. The molecule has 0 N–H and O–H groups in total. The lowest BCUT2D eigenvalue weighted by Crippen LogP contribution is -2.30. The first kappa shape index (κ1) is 13.0. The first-order chi connectivity index (χ1) is 5.99. The third-order valence-corrected chi connectivity index (χ3v) is 1.82. The molecule has 0 aliphatic carbocycles. The molecule has 0 spiro atoms. The number of alkyl halides is 4. The van der Waals surface area contributed by atoms with E-state index in [2.05, 4.69) is 0 Å². The molecule has 0 rings (SSSR count). The first-order valence-corrected chi connectivity index (χ1v) is 4.88. The molecule has 0 atom stereocenters. The Morgan fingerprint density at radius 3 is 2.15 bits per heavy atom. The number of rotatable bonds is 6. The van der Waals surface area contributed by atoms with Gasteiger partial charge in [0, 0.05) is 19.0 Å². The molecular formula is C8H15ClF3N. The Hall–Kier alpha value is 0.0400. The standard InChI is InChI=1S/C8H15ClF3N/c1-2-5-13(7-4-9)6-3-8(10,11)12/h2-7H2,1H3. The van der Waals surface area contributed by atoms with Gasteiger partial charge in [-0.15, -0.1) is 11.6 Å². The van der Waals surface area contributed by atoms with Crippen LogP contribution in [0.2, 0.25) is 0 Å². The van der Waals surface area contributed by atoms with Crippen molar-refractivity contribution >= 4 is 11.6 Å². The van der Waals surface area contributed by atoms with E-state index < -0.39 is 12.6 Å². The summed E-state index contributed by atoms with van der Waals surface area (Å²) in [5.41, 5.74) is 0. The van der Waals surface area contributed by atoms with E-state index in [0.717, 1.165) is 6.42 Å². The molecule has 0 aromatic carbocycles. The fourth-order valence-electron chi connectivity index (χ4n) is 1.06.